The van der Waals surface area contributed by atoms with Gasteiger partial charge in [-0.15, -0.1) is 0 Å². The molecule has 0 aromatic heterocycles. The number of ether oxygens (including phenoxy) is 3. The van der Waals surface area contributed by atoms with Gasteiger partial charge in [0, 0.05) is 31.3 Å². The number of hydrogen-bond donors (Lipinski definition) is 2. The third kappa shape index (κ3) is 6.72. The Morgan fingerprint density at radius 1 is 0.960 bits per heavy atom. The molecule has 0 amide bonds. The average Bonchev–Trinajstić information content (AvgIpc) is 2.62. The van der Waals surface area contributed by atoms with Crippen molar-refractivity contribution in [2.45, 2.75) is 46.2 Å². The highest BCUT2D eigenvalue weighted by atomic mass is 16.5. The maximum atomic E-state index is 5.46. The molecule has 0 saturated carbocycles. The fourth-order valence-corrected chi connectivity index (χ4v) is 2.49. The molecule has 0 aliphatic rings. The minimum absolute atomic E-state index is 0.362. The highest BCUT2D eigenvalue weighted by molar-refractivity contribution is 5.80. The van der Waals surface area contributed by atoms with E-state index in [1.807, 2.05) is 12.1 Å². The first-order valence-corrected chi connectivity index (χ1v) is 8.71. The lowest BCUT2D eigenvalue weighted by Crippen LogP contribution is -2.42. The number of guanidine groups is 1. The van der Waals surface area contributed by atoms with Crippen molar-refractivity contribution >= 4 is 5.96 Å². The van der Waals surface area contributed by atoms with Gasteiger partial charge in [0.2, 0.25) is 0 Å². The molecular weight excluding hydrogens is 318 g/mol. The molecule has 0 aliphatic heterocycles. The summed E-state index contributed by atoms with van der Waals surface area (Å²) >= 11 is 0. The number of rotatable bonds is 9. The standard InChI is InChI=1S/C19H33N3O3/c1-13(2)8-9-14(3)22-19(20-4)21-12-15-10-17(24-6)18(25-7)11-16(15)23-5/h10-11,13-14H,8-9,12H2,1-7H3,(H2,20,21,22). The third-order valence-electron chi connectivity index (χ3n) is 4.02. The van der Waals surface area contributed by atoms with Crippen LogP contribution in [0.25, 0.3) is 0 Å². The van der Waals surface area contributed by atoms with Crippen molar-refractivity contribution in [1.29, 1.82) is 0 Å². The molecule has 0 fully saturated rings. The Balaban J connectivity index is 2.74. The molecule has 0 aliphatic carbocycles. The zero-order valence-corrected chi connectivity index (χ0v) is 16.6. The number of nitrogens with one attached hydrogen (secondary N) is 2. The molecule has 0 radical (unpaired) electrons. The van der Waals surface area contributed by atoms with Crippen LogP contribution in [0.5, 0.6) is 17.2 Å². The lowest BCUT2D eigenvalue weighted by molar-refractivity contribution is 0.347. The van der Waals surface area contributed by atoms with E-state index in [0.29, 0.717) is 30.0 Å². The van der Waals surface area contributed by atoms with Gasteiger partial charge in [-0.1, -0.05) is 13.8 Å². The summed E-state index contributed by atoms with van der Waals surface area (Å²) < 4.78 is 16.2. The summed E-state index contributed by atoms with van der Waals surface area (Å²) in [5.41, 5.74) is 0.970. The summed E-state index contributed by atoms with van der Waals surface area (Å²) in [6, 6.07) is 4.11. The van der Waals surface area contributed by atoms with Crippen LogP contribution in [0, 0.1) is 5.92 Å². The maximum Gasteiger partial charge on any atom is 0.191 e. The molecule has 1 atom stereocenters. The van der Waals surface area contributed by atoms with Crippen molar-refractivity contribution in [1.82, 2.24) is 10.6 Å². The molecule has 0 saturated heterocycles. The van der Waals surface area contributed by atoms with E-state index < -0.39 is 0 Å². The molecular formula is C19H33N3O3. The Kier molecular flexibility index (Phi) is 8.95. The first kappa shape index (κ1) is 20.9. The molecule has 1 aromatic rings. The van der Waals surface area contributed by atoms with Gasteiger partial charge in [-0.2, -0.15) is 0 Å². The summed E-state index contributed by atoms with van der Waals surface area (Å²) in [7, 11) is 6.65. The highest BCUT2D eigenvalue weighted by Crippen LogP contribution is 2.34. The fraction of sp³-hybridized carbons (Fsp3) is 0.632. The minimum Gasteiger partial charge on any atom is -0.496 e. The van der Waals surface area contributed by atoms with E-state index in [9.17, 15) is 0 Å². The van der Waals surface area contributed by atoms with E-state index in [0.717, 1.165) is 23.7 Å². The van der Waals surface area contributed by atoms with E-state index in [1.165, 1.54) is 6.42 Å². The second-order valence-electron chi connectivity index (χ2n) is 6.46. The van der Waals surface area contributed by atoms with Crippen molar-refractivity contribution in [2.75, 3.05) is 28.4 Å². The predicted octanol–water partition coefficient (Wildman–Crippen LogP) is 3.20. The van der Waals surface area contributed by atoms with Crippen LogP contribution in [0.15, 0.2) is 17.1 Å². The quantitative estimate of drug-likeness (QED) is 0.528. The maximum absolute atomic E-state index is 5.46. The highest BCUT2D eigenvalue weighted by Gasteiger charge is 2.13. The van der Waals surface area contributed by atoms with E-state index in [4.69, 9.17) is 14.2 Å². The van der Waals surface area contributed by atoms with Crippen LogP contribution in [0.4, 0.5) is 0 Å². The summed E-state index contributed by atoms with van der Waals surface area (Å²) in [6.45, 7) is 7.22. The van der Waals surface area contributed by atoms with Gasteiger partial charge >= 0.3 is 0 Å². The van der Waals surface area contributed by atoms with Gasteiger partial charge in [0.25, 0.3) is 0 Å². The first-order valence-electron chi connectivity index (χ1n) is 8.71. The van der Waals surface area contributed by atoms with E-state index in [-0.39, 0.29) is 0 Å². The van der Waals surface area contributed by atoms with Gasteiger partial charge < -0.3 is 24.8 Å². The van der Waals surface area contributed by atoms with Crippen LogP contribution in [-0.4, -0.2) is 40.4 Å². The smallest absolute Gasteiger partial charge is 0.191 e. The summed E-state index contributed by atoms with van der Waals surface area (Å²) in [5.74, 6) is 3.54. The lowest BCUT2D eigenvalue weighted by atomic mass is 10.0. The Morgan fingerprint density at radius 2 is 1.56 bits per heavy atom. The predicted molar refractivity (Wildman–Crippen MR) is 103 cm³/mol. The molecule has 2 N–H and O–H groups in total. The number of aliphatic imine (C=N–C) groups is 1. The van der Waals surface area contributed by atoms with E-state index in [2.05, 4.69) is 36.4 Å². The molecule has 1 unspecified atom stereocenters. The number of nitrogens with zero attached hydrogens (tertiary/aromatic N) is 1. The van der Waals surface area contributed by atoms with Gasteiger partial charge in [0.15, 0.2) is 17.5 Å². The van der Waals surface area contributed by atoms with Crippen LogP contribution >= 0.6 is 0 Å². The average molecular weight is 351 g/mol. The molecule has 6 nitrogen and oxygen atoms in total. The third-order valence-corrected chi connectivity index (χ3v) is 4.02. The number of benzene rings is 1. The van der Waals surface area contributed by atoms with Crippen molar-refractivity contribution in [3.63, 3.8) is 0 Å². The normalized spacial score (nSPS) is 12.7. The second-order valence-corrected chi connectivity index (χ2v) is 6.46. The van der Waals surface area contributed by atoms with E-state index in [1.54, 1.807) is 28.4 Å². The van der Waals surface area contributed by atoms with Gasteiger partial charge in [0.05, 0.1) is 21.3 Å². The minimum atomic E-state index is 0.362. The lowest BCUT2D eigenvalue weighted by Gasteiger charge is -2.20. The summed E-state index contributed by atoms with van der Waals surface area (Å²) in [4.78, 5) is 4.30. The van der Waals surface area contributed by atoms with Gasteiger partial charge in [-0.25, -0.2) is 0 Å². The number of methoxy groups -OCH3 is 3. The zero-order valence-electron chi connectivity index (χ0n) is 16.6. The summed E-state index contributed by atoms with van der Waals surface area (Å²) in [6.07, 6.45) is 2.30. The zero-order chi connectivity index (χ0) is 18.8. The Hall–Kier alpha value is -2.11. The second kappa shape index (κ2) is 10.7. The van der Waals surface area contributed by atoms with Crippen LogP contribution in [-0.2, 0) is 6.54 Å². The van der Waals surface area contributed by atoms with Crippen LogP contribution in [0.3, 0.4) is 0 Å². The van der Waals surface area contributed by atoms with Crippen molar-refractivity contribution in [2.24, 2.45) is 10.9 Å². The van der Waals surface area contributed by atoms with E-state index >= 15 is 0 Å². The molecule has 142 valence electrons. The number of hydrogen-bond acceptors (Lipinski definition) is 4. The van der Waals surface area contributed by atoms with Crippen molar-refractivity contribution in [3.05, 3.63) is 17.7 Å². The molecule has 25 heavy (non-hydrogen) atoms. The van der Waals surface area contributed by atoms with Crippen molar-refractivity contribution < 1.29 is 14.2 Å². The molecule has 0 spiro atoms. The molecule has 6 heteroatoms. The topological polar surface area (TPSA) is 64.1 Å². The van der Waals surface area contributed by atoms with Gasteiger partial charge in [-0.05, 0) is 31.7 Å². The van der Waals surface area contributed by atoms with Crippen molar-refractivity contribution in [3.8, 4) is 17.2 Å². The molecule has 0 bridgehead atoms. The SMILES string of the molecule is CN=C(NCc1cc(OC)c(OC)cc1OC)NC(C)CCC(C)C. The molecule has 1 rings (SSSR count). The Labute approximate surface area is 152 Å². The fourth-order valence-electron chi connectivity index (χ4n) is 2.49. The molecule has 0 heterocycles. The van der Waals surface area contributed by atoms with Crippen LogP contribution in [0.1, 0.15) is 39.2 Å². The summed E-state index contributed by atoms with van der Waals surface area (Å²) in [5, 5.41) is 6.75. The largest absolute Gasteiger partial charge is 0.496 e. The van der Waals surface area contributed by atoms with Crippen LogP contribution < -0.4 is 24.8 Å². The first-order chi connectivity index (χ1) is 11.9. The van der Waals surface area contributed by atoms with Gasteiger partial charge in [-0.3, -0.25) is 4.99 Å². The Morgan fingerprint density at radius 3 is 2.08 bits per heavy atom. The monoisotopic (exact) mass is 351 g/mol. The Bertz CT molecular complexity index is 559. The van der Waals surface area contributed by atoms with Crippen LogP contribution in [0.2, 0.25) is 0 Å². The van der Waals surface area contributed by atoms with Gasteiger partial charge in [0.1, 0.15) is 5.75 Å². The molecule has 1 aromatic carbocycles.